The molecule has 0 bridgehead atoms. The van der Waals surface area contributed by atoms with Crippen molar-refractivity contribution in [3.8, 4) is 0 Å². The van der Waals surface area contributed by atoms with E-state index in [0.29, 0.717) is 11.8 Å². The Balaban J connectivity index is 2.33. The number of hydrogen-bond acceptors (Lipinski definition) is 3. The third kappa shape index (κ3) is 3.45. The van der Waals surface area contributed by atoms with E-state index in [2.05, 4.69) is 34.6 Å². The van der Waals surface area contributed by atoms with Gasteiger partial charge >= 0.3 is 0 Å². The normalized spacial score (nSPS) is 37.2. The monoisotopic (exact) mass is 338 g/mol. The second kappa shape index (κ2) is 7.47. The Kier molecular flexibility index (Phi) is 6.21. The molecule has 0 spiro atoms. The molecule has 1 saturated carbocycles. The summed E-state index contributed by atoms with van der Waals surface area (Å²) in [5, 5.41) is 19.8. The number of allylic oxidation sites excluding steroid dienone is 1. The Morgan fingerprint density at radius 3 is 2.50 bits per heavy atom. The summed E-state index contributed by atoms with van der Waals surface area (Å²) in [5.41, 5.74) is 3.07. The lowest BCUT2D eigenvalue weighted by Gasteiger charge is -2.58. The lowest BCUT2D eigenvalue weighted by Crippen LogP contribution is -2.54. The van der Waals surface area contributed by atoms with Crippen LogP contribution in [0.4, 0.5) is 0 Å². The molecule has 0 heterocycles. The predicted octanol–water partition coefficient (Wildman–Crippen LogP) is 4.32. The molecule has 0 amide bonds. The maximum absolute atomic E-state index is 10.6. The molecule has 0 unspecified atom stereocenters. The van der Waals surface area contributed by atoms with Gasteiger partial charge in [-0.05, 0) is 73.7 Å². The molecule has 140 valence electrons. The van der Waals surface area contributed by atoms with Crippen LogP contribution >= 0.6 is 0 Å². The summed E-state index contributed by atoms with van der Waals surface area (Å²) in [6.45, 7) is 11.7. The van der Waals surface area contributed by atoms with Gasteiger partial charge in [-0.1, -0.05) is 33.3 Å². The van der Waals surface area contributed by atoms with Gasteiger partial charge in [-0.2, -0.15) is 0 Å². The minimum atomic E-state index is -0.221. The zero-order valence-electron chi connectivity index (χ0n) is 16.6. The second-order valence-electron chi connectivity index (χ2n) is 9.12. The van der Waals surface area contributed by atoms with Gasteiger partial charge in [0.25, 0.3) is 0 Å². The highest BCUT2D eigenvalue weighted by atomic mass is 16.5. The van der Waals surface area contributed by atoms with Crippen LogP contribution in [-0.4, -0.2) is 36.1 Å². The van der Waals surface area contributed by atoms with Crippen LogP contribution in [0.15, 0.2) is 11.1 Å². The molecular formula is C21H38O3. The smallest absolute Gasteiger partial charge is 0.0784 e. The fourth-order valence-corrected chi connectivity index (χ4v) is 5.51. The molecule has 0 aromatic rings. The summed E-state index contributed by atoms with van der Waals surface area (Å²) in [4.78, 5) is 0. The number of aliphatic hydroxyl groups is 2. The quantitative estimate of drug-likeness (QED) is 0.709. The molecule has 24 heavy (non-hydrogen) atoms. The van der Waals surface area contributed by atoms with Crippen molar-refractivity contribution in [2.24, 2.45) is 22.7 Å². The second-order valence-corrected chi connectivity index (χ2v) is 9.12. The minimum Gasteiger partial charge on any atom is -0.396 e. The summed E-state index contributed by atoms with van der Waals surface area (Å²) in [6.07, 6.45) is 6.02. The molecule has 0 aromatic carbocycles. The van der Waals surface area contributed by atoms with E-state index >= 15 is 0 Å². The van der Waals surface area contributed by atoms with Crippen molar-refractivity contribution in [1.29, 1.82) is 0 Å². The van der Waals surface area contributed by atoms with Crippen LogP contribution in [0.25, 0.3) is 0 Å². The Hall–Kier alpha value is -0.380. The molecule has 2 aliphatic carbocycles. The average Bonchev–Trinajstić information content (AvgIpc) is 2.51. The SMILES string of the molecule is CO[C@@H]1C[C@H]2C(C)(C)[C@@H](O)CC[C@]2(C)C(CC[C@H](C)CCO)=C1C. The molecule has 1 fully saturated rings. The first kappa shape index (κ1) is 19.9. The Bertz CT molecular complexity index is 468. The molecule has 5 atom stereocenters. The van der Waals surface area contributed by atoms with Crippen LogP contribution in [0.5, 0.6) is 0 Å². The molecule has 2 N–H and O–H groups in total. The van der Waals surface area contributed by atoms with Crippen LogP contribution in [0.1, 0.15) is 73.1 Å². The number of hydrogen-bond donors (Lipinski definition) is 2. The standard InChI is InChI=1S/C21H38O3/c1-14(10-12-22)7-8-16-15(2)17(24-6)13-18-20(3,4)19(23)9-11-21(16,18)5/h14,17-19,22-23H,7-13H2,1-6H3/t14-,17+,18-,19-,21+/m0/s1. The number of rotatable bonds is 6. The number of aliphatic hydroxyl groups excluding tert-OH is 2. The third-order valence-corrected chi connectivity index (χ3v) is 7.35. The van der Waals surface area contributed by atoms with E-state index in [9.17, 15) is 10.2 Å². The Morgan fingerprint density at radius 1 is 1.25 bits per heavy atom. The molecule has 3 nitrogen and oxygen atoms in total. The van der Waals surface area contributed by atoms with Gasteiger partial charge in [-0.25, -0.2) is 0 Å². The predicted molar refractivity (Wildman–Crippen MR) is 98.8 cm³/mol. The maximum atomic E-state index is 10.6. The maximum Gasteiger partial charge on any atom is 0.0784 e. The van der Waals surface area contributed by atoms with Crippen molar-refractivity contribution in [3.05, 3.63) is 11.1 Å². The first-order valence-electron chi connectivity index (χ1n) is 9.70. The lowest BCUT2D eigenvalue weighted by atomic mass is 9.48. The molecule has 3 heteroatoms. The van der Waals surface area contributed by atoms with Crippen molar-refractivity contribution < 1.29 is 14.9 Å². The summed E-state index contributed by atoms with van der Waals surface area (Å²) in [7, 11) is 1.81. The van der Waals surface area contributed by atoms with Crippen molar-refractivity contribution in [2.75, 3.05) is 13.7 Å². The van der Waals surface area contributed by atoms with E-state index in [1.54, 1.807) is 5.57 Å². The Labute approximate surface area is 148 Å². The number of ether oxygens (including phenoxy) is 1. The summed E-state index contributed by atoms with van der Waals surface area (Å²) >= 11 is 0. The summed E-state index contributed by atoms with van der Waals surface area (Å²) < 4.78 is 5.83. The van der Waals surface area contributed by atoms with Gasteiger partial charge in [0.05, 0.1) is 12.2 Å². The first-order chi connectivity index (χ1) is 11.2. The zero-order chi connectivity index (χ0) is 18.1. The largest absolute Gasteiger partial charge is 0.396 e. The number of fused-ring (bicyclic) bond motifs is 1. The summed E-state index contributed by atoms with van der Waals surface area (Å²) in [5.74, 6) is 0.994. The van der Waals surface area contributed by atoms with E-state index in [-0.39, 0.29) is 29.6 Å². The molecule has 2 rings (SSSR count). The van der Waals surface area contributed by atoms with E-state index in [4.69, 9.17) is 4.74 Å². The van der Waals surface area contributed by atoms with Gasteiger partial charge in [-0.3, -0.25) is 0 Å². The van der Waals surface area contributed by atoms with Gasteiger partial charge in [-0.15, -0.1) is 0 Å². The molecule has 0 radical (unpaired) electrons. The Morgan fingerprint density at radius 2 is 1.92 bits per heavy atom. The van der Waals surface area contributed by atoms with Crippen molar-refractivity contribution >= 4 is 0 Å². The van der Waals surface area contributed by atoms with Gasteiger partial charge in [0.15, 0.2) is 0 Å². The van der Waals surface area contributed by atoms with Gasteiger partial charge in [0, 0.05) is 13.7 Å². The van der Waals surface area contributed by atoms with Crippen LogP contribution in [0, 0.1) is 22.7 Å². The highest BCUT2D eigenvalue weighted by molar-refractivity contribution is 5.31. The van der Waals surface area contributed by atoms with Crippen molar-refractivity contribution in [1.82, 2.24) is 0 Å². The first-order valence-corrected chi connectivity index (χ1v) is 9.70. The number of methoxy groups -OCH3 is 1. The third-order valence-electron chi connectivity index (χ3n) is 7.35. The fraction of sp³-hybridized carbons (Fsp3) is 0.905. The molecule has 0 aliphatic heterocycles. The minimum absolute atomic E-state index is 0.0769. The highest BCUT2D eigenvalue weighted by Gasteiger charge is 2.55. The van der Waals surface area contributed by atoms with Crippen molar-refractivity contribution in [2.45, 2.75) is 85.4 Å². The molecule has 0 saturated heterocycles. The van der Waals surface area contributed by atoms with Gasteiger partial charge in [0.2, 0.25) is 0 Å². The van der Waals surface area contributed by atoms with Crippen LogP contribution in [-0.2, 0) is 4.74 Å². The highest BCUT2D eigenvalue weighted by Crippen LogP contribution is 2.60. The van der Waals surface area contributed by atoms with Crippen LogP contribution in [0.3, 0.4) is 0 Å². The fourth-order valence-electron chi connectivity index (χ4n) is 5.51. The van der Waals surface area contributed by atoms with Gasteiger partial charge in [0.1, 0.15) is 0 Å². The van der Waals surface area contributed by atoms with E-state index in [1.807, 2.05) is 7.11 Å². The van der Waals surface area contributed by atoms with E-state index in [1.165, 1.54) is 5.57 Å². The zero-order valence-corrected chi connectivity index (χ0v) is 16.6. The average molecular weight is 339 g/mol. The van der Waals surface area contributed by atoms with Crippen molar-refractivity contribution in [3.63, 3.8) is 0 Å². The van der Waals surface area contributed by atoms with Crippen LogP contribution in [0.2, 0.25) is 0 Å². The van der Waals surface area contributed by atoms with Crippen LogP contribution < -0.4 is 0 Å². The van der Waals surface area contributed by atoms with Gasteiger partial charge < -0.3 is 14.9 Å². The topological polar surface area (TPSA) is 49.7 Å². The molecule has 0 aromatic heterocycles. The lowest BCUT2D eigenvalue weighted by molar-refractivity contribution is -0.105. The van der Waals surface area contributed by atoms with E-state index in [0.717, 1.165) is 38.5 Å². The molecular weight excluding hydrogens is 300 g/mol. The van der Waals surface area contributed by atoms with E-state index < -0.39 is 0 Å². The molecule has 2 aliphatic rings. The summed E-state index contributed by atoms with van der Waals surface area (Å²) in [6, 6.07) is 0.